The molecule has 0 spiro atoms. The third-order valence-electron chi connectivity index (χ3n) is 8.33. The van der Waals surface area contributed by atoms with Gasteiger partial charge in [-0.05, 0) is 69.1 Å². The van der Waals surface area contributed by atoms with Crippen LogP contribution in [0.15, 0.2) is 46.9 Å². The summed E-state index contributed by atoms with van der Waals surface area (Å²) in [5.74, 6) is 0.425. The van der Waals surface area contributed by atoms with Gasteiger partial charge in [0.1, 0.15) is 6.10 Å². The van der Waals surface area contributed by atoms with Crippen LogP contribution in [0.4, 0.5) is 0 Å². The molecule has 3 rings (SSSR count). The highest BCUT2D eigenvalue weighted by Gasteiger charge is 2.52. The molecule has 2 aliphatic rings. The van der Waals surface area contributed by atoms with Crippen molar-refractivity contribution in [3.05, 3.63) is 42.0 Å². The van der Waals surface area contributed by atoms with Crippen molar-refractivity contribution in [2.75, 3.05) is 18.8 Å². The second-order valence-corrected chi connectivity index (χ2v) is 13.2. The molecule has 0 heterocycles. The molecule has 0 aliphatic heterocycles. The molecule has 0 amide bonds. The molecule has 0 bridgehead atoms. The van der Waals surface area contributed by atoms with Gasteiger partial charge in [0.05, 0.1) is 16.2 Å². The second-order valence-electron chi connectivity index (χ2n) is 11.1. The van der Waals surface area contributed by atoms with Crippen LogP contribution in [0.25, 0.3) is 0 Å². The van der Waals surface area contributed by atoms with Gasteiger partial charge in [-0.15, -0.1) is 0 Å². The summed E-state index contributed by atoms with van der Waals surface area (Å²) in [5.41, 5.74) is 0.103. The van der Waals surface area contributed by atoms with Crippen molar-refractivity contribution in [2.24, 2.45) is 23.7 Å². The van der Waals surface area contributed by atoms with Crippen molar-refractivity contribution in [3.8, 4) is 0 Å². The summed E-state index contributed by atoms with van der Waals surface area (Å²) in [4.78, 5) is 14.2. The number of hydrogen-bond donors (Lipinski definition) is 1. The lowest BCUT2D eigenvalue weighted by Gasteiger charge is -2.53. The minimum Gasteiger partial charge on any atom is -0.458 e. The molecule has 1 aromatic carbocycles. The Balaban J connectivity index is 1.75. The molecular formula is C28H43NO5S. The molecule has 1 fully saturated rings. The molecule has 6 nitrogen and oxygen atoms in total. The van der Waals surface area contributed by atoms with Crippen LogP contribution in [0.2, 0.25) is 0 Å². The largest absolute Gasteiger partial charge is 0.458 e. The maximum Gasteiger partial charge on any atom is 0.303 e. The van der Waals surface area contributed by atoms with E-state index in [9.17, 15) is 18.3 Å². The van der Waals surface area contributed by atoms with Crippen molar-refractivity contribution in [3.63, 3.8) is 0 Å². The predicted octanol–water partition coefficient (Wildman–Crippen LogP) is 4.48. The number of hydrogen-bond acceptors (Lipinski definition) is 6. The normalized spacial score (nSPS) is 30.0. The summed E-state index contributed by atoms with van der Waals surface area (Å²) in [6.07, 6.45) is 4.15. The summed E-state index contributed by atoms with van der Waals surface area (Å²) in [5, 5.41) is 11.8. The molecule has 1 aromatic rings. The number of carbonyl (C=O) groups excluding carboxylic acids is 1. The highest BCUT2D eigenvalue weighted by molar-refractivity contribution is 7.91. The van der Waals surface area contributed by atoms with Gasteiger partial charge in [0.25, 0.3) is 0 Å². The smallest absolute Gasteiger partial charge is 0.303 e. The van der Waals surface area contributed by atoms with Gasteiger partial charge >= 0.3 is 5.97 Å². The van der Waals surface area contributed by atoms with E-state index < -0.39 is 15.4 Å². The van der Waals surface area contributed by atoms with Gasteiger partial charge in [0, 0.05) is 38.4 Å². The Bertz CT molecular complexity index is 1010. The topological polar surface area (TPSA) is 83.9 Å². The zero-order valence-corrected chi connectivity index (χ0v) is 22.9. The van der Waals surface area contributed by atoms with E-state index in [1.807, 2.05) is 13.0 Å². The predicted molar refractivity (Wildman–Crippen MR) is 139 cm³/mol. The molecule has 1 N–H and O–H groups in total. The fourth-order valence-corrected chi connectivity index (χ4v) is 7.33. The summed E-state index contributed by atoms with van der Waals surface area (Å²) >= 11 is 0. The van der Waals surface area contributed by atoms with E-state index in [0.29, 0.717) is 17.9 Å². The van der Waals surface area contributed by atoms with Crippen molar-refractivity contribution < 1.29 is 23.1 Å². The van der Waals surface area contributed by atoms with Crippen molar-refractivity contribution in [1.29, 1.82) is 0 Å². The molecule has 6 atom stereocenters. The molecule has 2 aliphatic carbocycles. The van der Waals surface area contributed by atoms with Crippen molar-refractivity contribution in [1.82, 2.24) is 4.90 Å². The zero-order valence-electron chi connectivity index (χ0n) is 22.1. The molecule has 1 unspecified atom stereocenters. The van der Waals surface area contributed by atoms with Gasteiger partial charge in [-0.1, -0.05) is 38.1 Å². The molecule has 7 heteroatoms. The van der Waals surface area contributed by atoms with Crippen LogP contribution in [-0.2, 0) is 19.4 Å². The third-order valence-corrected chi connectivity index (χ3v) is 10.0. The average molecular weight is 506 g/mol. The van der Waals surface area contributed by atoms with E-state index in [4.69, 9.17) is 4.74 Å². The fourth-order valence-electron chi connectivity index (χ4n) is 6.05. The third kappa shape index (κ3) is 6.36. The van der Waals surface area contributed by atoms with E-state index in [2.05, 4.69) is 38.7 Å². The van der Waals surface area contributed by atoms with E-state index in [1.165, 1.54) is 6.92 Å². The monoisotopic (exact) mass is 505 g/mol. The minimum absolute atomic E-state index is 0.00452. The summed E-state index contributed by atoms with van der Waals surface area (Å²) in [7, 11) is -3.34. The highest BCUT2D eigenvalue weighted by atomic mass is 32.2. The Labute approximate surface area is 211 Å². The number of benzene rings is 1. The average Bonchev–Trinajstić information content (AvgIpc) is 2.79. The van der Waals surface area contributed by atoms with Gasteiger partial charge in [0.2, 0.25) is 0 Å². The Morgan fingerprint density at radius 2 is 1.86 bits per heavy atom. The SMILES string of the molecule is CC(=O)O[C@@H]1C[C@@]2(O)[C@H](C)CC[C@@H](C(C)CN(CCS(=O)(=O)c3ccccc3)C(C)C)[C@H]2C=C1C. The first kappa shape index (κ1) is 27.9. The molecule has 196 valence electrons. The first-order valence-electron chi connectivity index (χ1n) is 12.9. The van der Waals surface area contributed by atoms with Crippen LogP contribution in [0.1, 0.15) is 60.8 Å². The van der Waals surface area contributed by atoms with Crippen LogP contribution in [0.5, 0.6) is 0 Å². The van der Waals surface area contributed by atoms with Crippen LogP contribution in [0.3, 0.4) is 0 Å². The summed E-state index contributed by atoms with van der Waals surface area (Å²) in [6, 6.07) is 8.86. The zero-order chi connectivity index (χ0) is 26.0. The van der Waals surface area contributed by atoms with Crippen LogP contribution in [-0.4, -0.2) is 61.0 Å². The van der Waals surface area contributed by atoms with Crippen LogP contribution in [0, 0.1) is 23.7 Å². The minimum atomic E-state index is -3.34. The highest BCUT2D eigenvalue weighted by Crippen LogP contribution is 2.51. The molecule has 0 aromatic heterocycles. The molecular weight excluding hydrogens is 462 g/mol. The van der Waals surface area contributed by atoms with E-state index in [-0.39, 0.29) is 47.5 Å². The molecule has 0 saturated heterocycles. The lowest BCUT2D eigenvalue weighted by Crippen LogP contribution is -2.56. The van der Waals surface area contributed by atoms with Crippen LogP contribution < -0.4 is 0 Å². The number of sulfone groups is 1. The number of aliphatic hydroxyl groups is 1. The fraction of sp³-hybridized carbons (Fsp3) is 0.679. The quantitative estimate of drug-likeness (QED) is 0.393. The van der Waals surface area contributed by atoms with Gasteiger partial charge in [-0.25, -0.2) is 8.42 Å². The van der Waals surface area contributed by atoms with Gasteiger partial charge < -0.3 is 9.84 Å². The number of esters is 1. The summed E-state index contributed by atoms with van der Waals surface area (Å²) in [6.45, 7) is 13.2. The van der Waals surface area contributed by atoms with Crippen molar-refractivity contribution >= 4 is 15.8 Å². The van der Waals surface area contributed by atoms with E-state index in [1.54, 1.807) is 24.3 Å². The number of fused-ring (bicyclic) bond motifs is 1. The lowest BCUT2D eigenvalue weighted by molar-refractivity contribution is -0.159. The number of nitrogens with zero attached hydrogens (tertiary/aromatic N) is 1. The van der Waals surface area contributed by atoms with Gasteiger partial charge in [0.15, 0.2) is 9.84 Å². The van der Waals surface area contributed by atoms with Gasteiger partial charge in [-0.3, -0.25) is 9.69 Å². The second kappa shape index (κ2) is 11.1. The van der Waals surface area contributed by atoms with Crippen molar-refractivity contribution in [2.45, 2.75) is 83.4 Å². The number of rotatable bonds is 9. The molecule has 35 heavy (non-hydrogen) atoms. The maximum atomic E-state index is 12.9. The molecule has 0 radical (unpaired) electrons. The Morgan fingerprint density at radius 3 is 2.46 bits per heavy atom. The summed E-state index contributed by atoms with van der Waals surface area (Å²) < 4.78 is 31.2. The first-order chi connectivity index (χ1) is 16.3. The Hall–Kier alpha value is -1.70. The first-order valence-corrected chi connectivity index (χ1v) is 14.6. The maximum absolute atomic E-state index is 12.9. The standard InChI is InChI=1S/C28H43NO5S/c1-19(2)29(14-15-35(32,33)24-10-8-7-9-11-24)18-21(4)25-13-12-22(5)28(31)17-27(34-23(6)30)20(3)16-26(25)28/h7-11,16,19,21-22,25-27,31H,12-15,17-18H2,1-6H3/t21?,22-,25+,26-,27-,28-/m1/s1. The van der Waals surface area contributed by atoms with E-state index in [0.717, 1.165) is 25.0 Å². The van der Waals surface area contributed by atoms with Gasteiger partial charge in [-0.2, -0.15) is 0 Å². The number of ether oxygens (including phenoxy) is 1. The number of carbonyl (C=O) groups is 1. The van der Waals surface area contributed by atoms with Crippen LogP contribution >= 0.6 is 0 Å². The Morgan fingerprint density at radius 1 is 1.20 bits per heavy atom. The lowest BCUT2D eigenvalue weighted by atomic mass is 9.57. The molecule has 1 saturated carbocycles. The van der Waals surface area contributed by atoms with E-state index >= 15 is 0 Å². The Kier molecular flexibility index (Phi) is 8.87.